The molecule has 0 amide bonds. The molecule has 0 aromatic heterocycles. The largest absolute Gasteiger partial charge is 0.492 e. The lowest BCUT2D eigenvalue weighted by Crippen LogP contribution is -2.30. The van der Waals surface area contributed by atoms with Gasteiger partial charge in [-0.2, -0.15) is 8.42 Å². The highest BCUT2D eigenvalue weighted by Gasteiger charge is 2.13. The van der Waals surface area contributed by atoms with Gasteiger partial charge in [0.25, 0.3) is 0 Å². The summed E-state index contributed by atoms with van der Waals surface area (Å²) in [5.74, 6) is 0.740. The minimum Gasteiger partial charge on any atom is -0.492 e. The number of benzene rings is 3. The van der Waals surface area contributed by atoms with Gasteiger partial charge in [-0.05, 0) is 53.4 Å². The summed E-state index contributed by atoms with van der Waals surface area (Å²) in [7, 11) is -2.22. The Morgan fingerprint density at radius 1 is 0.848 bits per heavy atom. The fourth-order valence-corrected chi connectivity index (χ4v) is 3.88. The highest BCUT2D eigenvalue weighted by molar-refractivity contribution is 7.84. The van der Waals surface area contributed by atoms with Crippen LogP contribution in [0.2, 0.25) is 0 Å². The summed E-state index contributed by atoms with van der Waals surface area (Å²) in [6, 6.07) is 28.9. The molecule has 3 rings (SSSR count). The van der Waals surface area contributed by atoms with Crippen molar-refractivity contribution in [2.75, 3.05) is 26.9 Å². The summed E-state index contributed by atoms with van der Waals surface area (Å²) in [6.45, 7) is 2.93. The second kappa shape index (κ2) is 11.8. The Labute approximate surface area is 196 Å². The van der Waals surface area contributed by atoms with Crippen LogP contribution in [0.15, 0.2) is 84.9 Å². The lowest BCUT2D eigenvalue weighted by atomic mass is 9.88. The van der Waals surface area contributed by atoms with E-state index in [-0.39, 0.29) is 6.73 Å². The number of nitrogens with zero attached hydrogens (tertiary/aromatic N) is 1. The zero-order valence-electron chi connectivity index (χ0n) is 19.0. The summed E-state index contributed by atoms with van der Waals surface area (Å²) < 4.78 is 32.1. The maximum Gasteiger partial charge on any atom is 0.334 e. The van der Waals surface area contributed by atoms with Gasteiger partial charge in [0.1, 0.15) is 19.1 Å². The number of rotatable bonds is 11. The van der Waals surface area contributed by atoms with E-state index < -0.39 is 10.3 Å². The van der Waals surface area contributed by atoms with Crippen molar-refractivity contribution in [3.05, 3.63) is 102 Å². The Hall–Kier alpha value is -2.97. The predicted molar refractivity (Wildman–Crippen MR) is 133 cm³/mol. The predicted octanol–water partition coefficient (Wildman–Crippen LogP) is 4.54. The SMILES string of the molecule is CC/C(=C(\c1ccccc1)c1ccc(OCCN(C)COS(N)(=O)=O)cc1)c1ccccc1. The Morgan fingerprint density at radius 3 is 1.94 bits per heavy atom. The number of allylic oxidation sites excluding steroid dienone is 1. The van der Waals surface area contributed by atoms with Gasteiger partial charge in [0.2, 0.25) is 0 Å². The fraction of sp³-hybridized carbons (Fsp3) is 0.231. The van der Waals surface area contributed by atoms with E-state index in [0.29, 0.717) is 13.2 Å². The molecule has 33 heavy (non-hydrogen) atoms. The summed E-state index contributed by atoms with van der Waals surface area (Å²) >= 11 is 0. The Balaban J connectivity index is 1.78. The smallest absolute Gasteiger partial charge is 0.334 e. The van der Waals surface area contributed by atoms with Crippen LogP contribution in [-0.2, 0) is 14.5 Å². The molecule has 0 aliphatic rings. The van der Waals surface area contributed by atoms with E-state index in [1.54, 1.807) is 11.9 Å². The van der Waals surface area contributed by atoms with Crippen LogP contribution in [0.25, 0.3) is 11.1 Å². The van der Waals surface area contributed by atoms with E-state index >= 15 is 0 Å². The minimum atomic E-state index is -3.95. The van der Waals surface area contributed by atoms with Crippen LogP contribution in [0.3, 0.4) is 0 Å². The molecule has 0 aliphatic heterocycles. The van der Waals surface area contributed by atoms with Gasteiger partial charge < -0.3 is 4.74 Å². The highest BCUT2D eigenvalue weighted by Crippen LogP contribution is 2.34. The van der Waals surface area contributed by atoms with Crippen molar-refractivity contribution in [3.63, 3.8) is 0 Å². The van der Waals surface area contributed by atoms with Crippen LogP contribution < -0.4 is 9.88 Å². The number of hydrogen-bond acceptors (Lipinski definition) is 5. The quantitative estimate of drug-likeness (QED) is 0.331. The van der Waals surface area contributed by atoms with E-state index in [9.17, 15) is 8.42 Å². The zero-order valence-corrected chi connectivity index (χ0v) is 19.8. The van der Waals surface area contributed by atoms with Crippen molar-refractivity contribution in [3.8, 4) is 5.75 Å². The Morgan fingerprint density at radius 2 is 1.39 bits per heavy atom. The molecular formula is C26H30N2O4S. The molecule has 0 fully saturated rings. The Kier molecular flexibility index (Phi) is 8.79. The molecule has 0 saturated heterocycles. The first-order chi connectivity index (χ1) is 15.9. The third-order valence-corrected chi connectivity index (χ3v) is 5.60. The molecule has 0 spiro atoms. The topological polar surface area (TPSA) is 81.9 Å². The molecule has 0 radical (unpaired) electrons. The van der Waals surface area contributed by atoms with E-state index in [1.165, 1.54) is 22.3 Å². The molecule has 0 aliphatic carbocycles. The monoisotopic (exact) mass is 466 g/mol. The van der Waals surface area contributed by atoms with Crippen molar-refractivity contribution >= 4 is 21.5 Å². The van der Waals surface area contributed by atoms with Gasteiger partial charge in [0, 0.05) is 6.54 Å². The number of likely N-dealkylation sites (N-methyl/N-ethyl adjacent to an activating group) is 1. The van der Waals surface area contributed by atoms with Crippen LogP contribution >= 0.6 is 0 Å². The van der Waals surface area contributed by atoms with Crippen LogP contribution in [0.5, 0.6) is 5.75 Å². The summed E-state index contributed by atoms with van der Waals surface area (Å²) in [6.07, 6.45) is 0.902. The molecule has 0 heterocycles. The lowest BCUT2D eigenvalue weighted by molar-refractivity contribution is 0.137. The average Bonchev–Trinajstić information content (AvgIpc) is 2.82. The van der Waals surface area contributed by atoms with Gasteiger partial charge in [-0.3, -0.25) is 4.90 Å². The summed E-state index contributed by atoms with van der Waals surface area (Å²) in [4.78, 5) is 1.67. The molecule has 7 heteroatoms. The molecule has 0 saturated carbocycles. The molecule has 0 unspecified atom stereocenters. The van der Waals surface area contributed by atoms with Gasteiger partial charge in [0.05, 0.1) is 0 Å². The van der Waals surface area contributed by atoms with E-state index in [2.05, 4.69) is 71.8 Å². The first kappa shape index (κ1) is 24.7. The van der Waals surface area contributed by atoms with E-state index in [0.717, 1.165) is 17.7 Å². The third kappa shape index (κ3) is 7.54. The molecule has 3 aromatic rings. The van der Waals surface area contributed by atoms with Crippen molar-refractivity contribution in [2.24, 2.45) is 5.14 Å². The molecule has 6 nitrogen and oxygen atoms in total. The third-order valence-electron chi connectivity index (χ3n) is 5.16. The van der Waals surface area contributed by atoms with Crippen molar-refractivity contribution < 1.29 is 17.3 Å². The maximum absolute atomic E-state index is 10.9. The zero-order chi connectivity index (χ0) is 23.7. The standard InChI is InChI=1S/C26H30N2O4S/c1-3-25(21-10-6-4-7-11-21)26(22-12-8-5-9-13-22)23-14-16-24(17-15-23)31-19-18-28(2)20-32-33(27,29)30/h4-17H,3,18-20H2,1-2H3,(H2,27,29,30)/b26-25-. The van der Waals surface area contributed by atoms with Crippen LogP contribution in [0.1, 0.15) is 30.0 Å². The Bertz CT molecular complexity index is 1150. The minimum absolute atomic E-state index is 0.119. The number of ether oxygens (including phenoxy) is 1. The maximum atomic E-state index is 10.9. The van der Waals surface area contributed by atoms with Crippen LogP contribution in [0, 0.1) is 0 Å². The van der Waals surface area contributed by atoms with Gasteiger partial charge in [-0.15, -0.1) is 0 Å². The van der Waals surface area contributed by atoms with E-state index in [1.807, 2.05) is 24.3 Å². The van der Waals surface area contributed by atoms with Gasteiger partial charge in [0.15, 0.2) is 0 Å². The van der Waals surface area contributed by atoms with Gasteiger partial charge >= 0.3 is 10.3 Å². The molecule has 174 valence electrons. The molecule has 0 atom stereocenters. The first-order valence-electron chi connectivity index (χ1n) is 10.8. The molecule has 0 bridgehead atoms. The normalized spacial score (nSPS) is 12.5. The first-order valence-corrected chi connectivity index (χ1v) is 12.3. The van der Waals surface area contributed by atoms with E-state index in [4.69, 9.17) is 9.88 Å². The highest BCUT2D eigenvalue weighted by atomic mass is 32.2. The molecular weight excluding hydrogens is 436 g/mol. The second-order valence-corrected chi connectivity index (χ2v) is 8.85. The van der Waals surface area contributed by atoms with Gasteiger partial charge in [-0.1, -0.05) is 79.7 Å². The molecule has 2 N–H and O–H groups in total. The van der Waals surface area contributed by atoms with Crippen molar-refractivity contribution in [1.29, 1.82) is 0 Å². The molecule has 3 aromatic carbocycles. The fourth-order valence-electron chi connectivity index (χ4n) is 3.55. The van der Waals surface area contributed by atoms with Crippen molar-refractivity contribution in [2.45, 2.75) is 13.3 Å². The average molecular weight is 467 g/mol. The van der Waals surface area contributed by atoms with Crippen LogP contribution in [-0.4, -0.2) is 40.2 Å². The van der Waals surface area contributed by atoms with Gasteiger partial charge in [-0.25, -0.2) is 9.32 Å². The van der Waals surface area contributed by atoms with Crippen LogP contribution in [0.4, 0.5) is 0 Å². The number of nitrogens with two attached hydrogens (primary N) is 1. The number of hydrogen-bond donors (Lipinski definition) is 1. The summed E-state index contributed by atoms with van der Waals surface area (Å²) in [5, 5.41) is 4.84. The van der Waals surface area contributed by atoms with Crippen molar-refractivity contribution in [1.82, 2.24) is 4.90 Å². The lowest BCUT2D eigenvalue weighted by Gasteiger charge is -2.18. The summed E-state index contributed by atoms with van der Waals surface area (Å²) in [5.41, 5.74) is 5.99. The second-order valence-electron chi connectivity index (χ2n) is 7.63.